The number of hydrogen-bond acceptors (Lipinski definition) is 29. The second-order valence-electron chi connectivity index (χ2n) is 27.0. The SMILES string of the molecule is C=C1CSC(C(NC(=O)CNC(=O)c2cc3cc(Cl)c(O)cc3oc2=O)C(=O)O)N=C1C(=O)[O-].CC1=CC=C(c2c3ccc(=O)cc-3oc3cc(O)ccc23)C(C(=O)[O-])C1.O.O=C(CNCc1cc2c(oc1=O)=CC(O)C(Cl)C=2)NC1C(=O)N2C(C(=O)[O-])=C(CSc3ccc(-c4c5ccc(=O)cc-5oc5cc([O-])ccc45)c(C(=O)O)c3)CSC12. The number of rotatable bonds is 20. The Morgan fingerprint density at radius 3 is 2.08 bits per heavy atom. The average molecular weight is 1720 g/mol. The highest BCUT2D eigenvalue weighted by atomic mass is 35.5. The smallest absolute Gasteiger partial charge is 0.349 e. The number of halogens is 2. The normalized spacial score (nSPS) is 18.1. The van der Waals surface area contributed by atoms with E-state index in [0.717, 1.165) is 46.1 Å². The third kappa shape index (κ3) is 18.2. The van der Waals surface area contributed by atoms with E-state index in [-0.39, 0.29) is 119 Å². The van der Waals surface area contributed by atoms with Crippen molar-refractivity contribution in [2.45, 2.75) is 59.1 Å². The second kappa shape index (κ2) is 35.4. The zero-order chi connectivity index (χ0) is 84.6. The van der Waals surface area contributed by atoms with Crippen LogP contribution >= 0.6 is 58.5 Å². The first-order chi connectivity index (χ1) is 56.2. The topological polar surface area (TPSA) is 563 Å². The number of nitrogens with one attached hydrogen (secondary N) is 4. The molecule has 2 aromatic heterocycles. The Hall–Kier alpha value is -13.1. The molecule has 33 nitrogen and oxygen atoms in total. The number of hydrogen-bond donors (Lipinski definition) is 9. The van der Waals surface area contributed by atoms with Crippen LogP contribution in [0.1, 0.15) is 45.2 Å². The number of fused-ring (bicyclic) bond motifs is 7. The molecule has 119 heavy (non-hydrogen) atoms. The van der Waals surface area contributed by atoms with Crippen molar-refractivity contribution in [2.75, 3.05) is 30.3 Å². The number of β-lactam (4-membered cyclic amide) rings is 1. The van der Waals surface area contributed by atoms with E-state index < -0.39 is 123 Å². The van der Waals surface area contributed by atoms with Gasteiger partial charge in [0.25, 0.3) is 11.8 Å². The van der Waals surface area contributed by atoms with E-state index in [4.69, 9.17) is 40.9 Å². The van der Waals surface area contributed by atoms with Crippen molar-refractivity contribution in [3.8, 4) is 51.0 Å². The van der Waals surface area contributed by atoms with Crippen LogP contribution in [0.3, 0.4) is 0 Å². The molecular formula is C81H60Cl2N6O27S3-4. The number of amides is 4. The summed E-state index contributed by atoms with van der Waals surface area (Å²) in [6.45, 7) is 4.36. The predicted octanol–water partition coefficient (Wildman–Crippen LogP) is 1.27. The van der Waals surface area contributed by atoms with Crippen molar-refractivity contribution in [3.63, 3.8) is 0 Å². The number of carbonyl (C=O) groups excluding carboxylic acids is 7. The summed E-state index contributed by atoms with van der Waals surface area (Å²) in [5.41, 5.74) is 1.92. The van der Waals surface area contributed by atoms with Crippen molar-refractivity contribution >= 4 is 168 Å². The summed E-state index contributed by atoms with van der Waals surface area (Å²) in [4.78, 5) is 164. The summed E-state index contributed by atoms with van der Waals surface area (Å²) in [7, 11) is 0. The first kappa shape index (κ1) is 85.3. The molecule has 7 heterocycles. The minimum atomic E-state index is -1.62. The van der Waals surface area contributed by atoms with Gasteiger partial charge in [0.15, 0.2) is 16.9 Å². The van der Waals surface area contributed by atoms with Crippen molar-refractivity contribution < 1.29 is 112 Å². The van der Waals surface area contributed by atoms with Crippen molar-refractivity contribution in [3.05, 3.63) is 236 Å². The van der Waals surface area contributed by atoms with E-state index in [1.54, 1.807) is 42.5 Å². The number of aliphatic carboxylic acids is 4. The Bertz CT molecular complexity index is 6450. The standard InChI is InChI=1S/C40H30ClN3O12S2.C21H16O5.C20H16ClN3O9S.H2O/c41-27-8-17-7-18(40(54)56-29(17)12-28(27)47)13-42-14-32(48)43-34-36(49)44-35(39(52)53)19(16-58-37(34)44)15-57-22-3-6-23(26(11-22)38(50)51)33-24-4-1-20(45)9-30(24)55-31-10-21(46)2-5-25(31)33;1-11-2-5-14(17(8-11)21(24)25)20-15-6-3-12(22)9-18(15)26-19-10-13(23)4-7-16(19)20;1-7-6-34-17(24-14(7)18(28)29)15(19(30)31)23-13(26)5-22-16(27)9-2-8-3-10(21)11(25)4-12(8)33-20(9)32;/h1-12,27-28,34,37,42,45,47H,13-16H2,(H,43,48)(H,50,51)(H,52,53);2-7,9-10,17,22H,8H2,1H3,(H,24,25);2-4,15,17,25H,1,5-6H2,(H,22,27)(H,23,26)(H,28,29)(H,30,31);1H2/p-4. The number of aromatic hydroxyl groups is 2. The third-order valence-electron chi connectivity index (χ3n) is 19.0. The largest absolute Gasteiger partial charge is 0.872 e. The van der Waals surface area contributed by atoms with Gasteiger partial charge in [0.2, 0.25) is 11.8 Å². The van der Waals surface area contributed by atoms with Crippen LogP contribution in [0, 0.1) is 5.92 Å². The summed E-state index contributed by atoms with van der Waals surface area (Å²) in [5.74, 6) is -10.8. The maximum atomic E-state index is 13.3. The Morgan fingerprint density at radius 1 is 0.723 bits per heavy atom. The number of aliphatic hydroxyl groups is 1. The van der Waals surface area contributed by atoms with Gasteiger partial charge in [0.1, 0.15) is 67.5 Å². The van der Waals surface area contributed by atoms with Gasteiger partial charge in [-0.05, 0) is 114 Å². The van der Waals surface area contributed by atoms with Crippen LogP contribution in [0.5, 0.6) is 17.2 Å². The van der Waals surface area contributed by atoms with Crippen LogP contribution in [-0.2, 0) is 40.1 Å². The highest BCUT2D eigenvalue weighted by Crippen LogP contribution is 2.47. The summed E-state index contributed by atoms with van der Waals surface area (Å²) in [6.07, 6.45) is 5.92. The molecule has 0 bridgehead atoms. The van der Waals surface area contributed by atoms with Gasteiger partial charge in [-0.1, -0.05) is 60.2 Å². The molecule has 38 heteroatoms. The number of nitrogens with zero attached hydrogens (tertiary/aromatic N) is 2. The summed E-state index contributed by atoms with van der Waals surface area (Å²) < 4.78 is 21.9. The molecule has 15 rings (SSSR count). The number of benzene rings is 6. The quantitative estimate of drug-likeness (QED) is 0.0170. The van der Waals surface area contributed by atoms with E-state index in [9.17, 15) is 108 Å². The van der Waals surface area contributed by atoms with Gasteiger partial charge < -0.3 is 105 Å². The monoisotopic (exact) mass is 1710 g/mol. The van der Waals surface area contributed by atoms with Gasteiger partial charge in [-0.15, -0.1) is 52.6 Å². The Kier molecular flexibility index (Phi) is 25.4. The molecule has 4 amide bonds. The summed E-state index contributed by atoms with van der Waals surface area (Å²) in [5, 5.41) is 105. The van der Waals surface area contributed by atoms with Gasteiger partial charge >= 0.3 is 23.2 Å². The van der Waals surface area contributed by atoms with Crippen LogP contribution < -0.4 is 74.4 Å². The minimum Gasteiger partial charge on any atom is -0.872 e. The van der Waals surface area contributed by atoms with Crippen LogP contribution in [0.2, 0.25) is 5.02 Å². The third-order valence-corrected chi connectivity index (χ3v) is 23.4. The fourth-order valence-electron chi connectivity index (χ4n) is 13.5. The molecule has 0 spiro atoms. The molecule has 612 valence electrons. The van der Waals surface area contributed by atoms with Crippen molar-refractivity contribution in [2.24, 2.45) is 10.9 Å². The molecule has 1 fully saturated rings. The summed E-state index contributed by atoms with van der Waals surface area (Å²) >= 11 is 15.2. The molecule has 9 aliphatic rings. The summed E-state index contributed by atoms with van der Waals surface area (Å²) in [6, 6.07) is 24.5. The van der Waals surface area contributed by atoms with Crippen LogP contribution in [0.15, 0.2) is 203 Å². The Labute approximate surface area is 689 Å². The zero-order valence-corrected chi connectivity index (χ0v) is 65.1. The molecule has 7 atom stereocenters. The van der Waals surface area contributed by atoms with Crippen molar-refractivity contribution in [1.29, 1.82) is 0 Å². The molecule has 0 saturated carbocycles. The Balaban J connectivity index is 0.000000180. The number of thioether (sulfide) groups is 3. The lowest BCUT2D eigenvalue weighted by molar-refractivity contribution is -0.309. The first-order valence-corrected chi connectivity index (χ1v) is 39.0. The minimum absolute atomic E-state index is 0. The number of carboxylic acids is 5. The molecule has 1 saturated heterocycles. The van der Waals surface area contributed by atoms with Gasteiger partial charge in [0, 0.05) is 108 Å². The number of carbonyl (C=O) groups is 9. The zero-order valence-electron chi connectivity index (χ0n) is 61.2. The fourth-order valence-corrected chi connectivity index (χ4v) is 17.3. The number of alkyl halides is 1. The lowest BCUT2D eigenvalue weighted by Crippen LogP contribution is -2.71. The number of aromatic carboxylic acids is 1. The predicted molar refractivity (Wildman–Crippen MR) is 427 cm³/mol. The fraction of sp³-hybridized carbons (Fsp3) is 0.185. The molecule has 0 radical (unpaired) electrons. The lowest BCUT2D eigenvalue weighted by atomic mass is 9.80. The van der Waals surface area contributed by atoms with Crippen LogP contribution in [0.4, 0.5) is 0 Å². The molecule has 11 N–H and O–H groups in total. The molecule has 4 aliphatic carbocycles. The number of aliphatic hydroxyl groups excluding tert-OH is 1. The maximum Gasteiger partial charge on any atom is 0.349 e. The van der Waals surface area contributed by atoms with E-state index in [1.165, 1.54) is 90.6 Å². The molecule has 4 aromatic carbocycles. The highest BCUT2D eigenvalue weighted by molar-refractivity contribution is 8.01. The van der Waals surface area contributed by atoms with E-state index in [2.05, 4.69) is 32.8 Å². The van der Waals surface area contributed by atoms with Gasteiger partial charge in [-0.2, -0.15) is 0 Å². The number of aliphatic imine (C=N–C) groups is 1. The average Bonchev–Trinajstić information content (AvgIpc) is 0.743. The first-order valence-electron chi connectivity index (χ1n) is 35.1. The van der Waals surface area contributed by atoms with E-state index >= 15 is 0 Å². The molecule has 7 unspecified atom stereocenters. The van der Waals surface area contributed by atoms with Crippen molar-refractivity contribution in [1.82, 2.24) is 26.2 Å². The Morgan fingerprint density at radius 2 is 1.40 bits per heavy atom. The van der Waals surface area contributed by atoms with E-state index in [0.29, 0.717) is 77.6 Å². The molecule has 6 aromatic rings. The second-order valence-corrected chi connectivity index (χ2v) is 31.2. The number of allylic oxidation sites excluding steroid dienone is 3. The van der Waals surface area contributed by atoms with Crippen LogP contribution in [0.25, 0.3) is 84.4 Å². The number of phenols is 2. The lowest BCUT2D eigenvalue weighted by Gasteiger charge is -2.50. The molecule has 5 aliphatic heterocycles. The van der Waals surface area contributed by atoms with Crippen LogP contribution in [-0.4, -0.2) is 160 Å². The maximum absolute atomic E-state index is 13.3. The van der Waals surface area contributed by atoms with Gasteiger partial charge in [-0.3, -0.25) is 38.7 Å². The van der Waals surface area contributed by atoms with Gasteiger partial charge in [0.05, 0.1) is 64.1 Å². The van der Waals surface area contributed by atoms with E-state index in [1.807, 2.05) is 13.0 Å². The number of carboxylic acid groups (broad SMARTS) is 5. The number of phenolic OH excluding ortho intramolecular Hbond substituents is 2. The van der Waals surface area contributed by atoms with Gasteiger partial charge in [-0.25, -0.2) is 19.2 Å². The molecular weight excluding hydrogens is 1660 g/mol. The highest BCUT2D eigenvalue weighted by Gasteiger charge is 2.53.